The predicted molar refractivity (Wildman–Crippen MR) is 138 cm³/mol. The van der Waals surface area contributed by atoms with Crippen molar-refractivity contribution in [1.82, 2.24) is 0 Å². The molecule has 1 heterocycles. The maximum Gasteiger partial charge on any atom is 0.309 e. The largest absolute Gasteiger partial charge is 0.507 e. The lowest BCUT2D eigenvalue weighted by atomic mass is 9.95. The number of esters is 1. The summed E-state index contributed by atoms with van der Waals surface area (Å²) in [4.78, 5) is 39.6. The second-order valence-corrected chi connectivity index (χ2v) is 8.62. The van der Waals surface area contributed by atoms with Crippen molar-refractivity contribution in [2.24, 2.45) is 0 Å². The molecule has 0 aliphatic carbocycles. The smallest absolute Gasteiger partial charge is 0.309 e. The minimum absolute atomic E-state index is 0.0654. The number of aliphatic hydroxyl groups excluding tert-OH is 1. The second-order valence-electron chi connectivity index (χ2n) is 8.21. The van der Waals surface area contributed by atoms with Crippen LogP contribution in [0.4, 0.5) is 5.69 Å². The Morgan fingerprint density at radius 3 is 2.22 bits per heavy atom. The topological polar surface area (TPSA) is 102 Å². The first-order chi connectivity index (χ1) is 17.8. The fourth-order valence-electron chi connectivity index (χ4n) is 4.18. The molecule has 0 bridgehead atoms. The fourth-order valence-corrected chi connectivity index (χ4v) is 4.37. The Balaban J connectivity index is 1.86. The van der Waals surface area contributed by atoms with Gasteiger partial charge in [-0.1, -0.05) is 35.9 Å². The van der Waals surface area contributed by atoms with Gasteiger partial charge < -0.3 is 19.3 Å². The van der Waals surface area contributed by atoms with E-state index in [9.17, 15) is 19.5 Å². The van der Waals surface area contributed by atoms with Crippen LogP contribution in [0, 0.1) is 0 Å². The first-order valence-corrected chi connectivity index (χ1v) is 11.6. The Morgan fingerprint density at radius 2 is 1.62 bits per heavy atom. The third-order valence-corrected chi connectivity index (χ3v) is 6.40. The molecule has 0 saturated carbocycles. The molecule has 1 saturated heterocycles. The van der Waals surface area contributed by atoms with Gasteiger partial charge in [0.05, 0.1) is 44.4 Å². The van der Waals surface area contributed by atoms with Crippen LogP contribution in [-0.2, 0) is 25.5 Å². The van der Waals surface area contributed by atoms with E-state index in [0.717, 1.165) is 0 Å². The number of aliphatic hydroxyl groups is 1. The maximum atomic E-state index is 13.3. The standard InChI is InChI=1S/C28H24ClNO7/c1-35-20-11-6-17(7-12-20)25-24(26(32)18-8-13-21(29)22(15-18)36-2)27(33)28(34)30(25)19-9-4-16(5-10-19)14-23(31)37-3/h4-13,15,25,32H,14H2,1-3H3/b26-24-. The lowest BCUT2D eigenvalue weighted by molar-refractivity contribution is -0.139. The lowest BCUT2D eigenvalue weighted by Crippen LogP contribution is -2.29. The molecule has 1 aliphatic heterocycles. The summed E-state index contributed by atoms with van der Waals surface area (Å²) in [6.07, 6.45) is 0.0654. The van der Waals surface area contributed by atoms with Crippen molar-refractivity contribution in [2.75, 3.05) is 26.2 Å². The molecular formula is C28H24ClNO7. The third kappa shape index (κ3) is 5.01. The molecule has 3 aromatic rings. The number of anilines is 1. The zero-order valence-electron chi connectivity index (χ0n) is 20.4. The number of carbonyl (C=O) groups is 3. The van der Waals surface area contributed by atoms with Crippen LogP contribution < -0.4 is 14.4 Å². The molecule has 0 radical (unpaired) electrons. The van der Waals surface area contributed by atoms with E-state index in [1.54, 1.807) is 54.6 Å². The van der Waals surface area contributed by atoms with Crippen molar-refractivity contribution in [3.8, 4) is 11.5 Å². The number of halogens is 1. The summed E-state index contributed by atoms with van der Waals surface area (Å²) < 4.78 is 15.2. The number of Topliss-reactive ketones (excluding diaryl/α,β-unsaturated/α-hetero) is 1. The Labute approximate surface area is 218 Å². The molecule has 1 amide bonds. The third-order valence-electron chi connectivity index (χ3n) is 6.09. The SMILES string of the molecule is COC(=O)Cc1ccc(N2C(=O)C(=O)/C(=C(\O)c3ccc(Cl)c(OC)c3)C2c2ccc(OC)cc2)cc1. The number of methoxy groups -OCH3 is 3. The van der Waals surface area contributed by atoms with Crippen molar-refractivity contribution in [2.45, 2.75) is 12.5 Å². The molecule has 8 nitrogen and oxygen atoms in total. The van der Waals surface area contributed by atoms with Gasteiger partial charge in [-0.15, -0.1) is 0 Å². The van der Waals surface area contributed by atoms with Gasteiger partial charge in [-0.05, 0) is 53.6 Å². The van der Waals surface area contributed by atoms with Crippen LogP contribution in [0.5, 0.6) is 11.5 Å². The van der Waals surface area contributed by atoms with E-state index in [0.29, 0.717) is 33.3 Å². The zero-order valence-corrected chi connectivity index (χ0v) is 21.1. The molecule has 1 atom stereocenters. The van der Waals surface area contributed by atoms with E-state index in [-0.39, 0.29) is 23.3 Å². The van der Waals surface area contributed by atoms with Gasteiger partial charge in [0.2, 0.25) is 0 Å². The van der Waals surface area contributed by atoms with Gasteiger partial charge in [0, 0.05) is 11.3 Å². The predicted octanol–water partition coefficient (Wildman–Crippen LogP) is 4.70. The van der Waals surface area contributed by atoms with E-state index in [1.165, 1.54) is 38.4 Å². The minimum atomic E-state index is -0.931. The zero-order chi connectivity index (χ0) is 26.7. The van der Waals surface area contributed by atoms with Crippen molar-refractivity contribution < 1.29 is 33.7 Å². The normalized spacial score (nSPS) is 16.5. The summed E-state index contributed by atoms with van der Waals surface area (Å²) in [5, 5.41) is 11.6. The average molecular weight is 522 g/mol. The summed E-state index contributed by atoms with van der Waals surface area (Å²) >= 11 is 6.13. The van der Waals surface area contributed by atoms with Crippen molar-refractivity contribution in [3.05, 3.63) is 94.0 Å². The molecule has 0 aromatic heterocycles. The second kappa shape index (κ2) is 10.8. The van der Waals surface area contributed by atoms with Gasteiger partial charge in [0.1, 0.15) is 17.3 Å². The van der Waals surface area contributed by atoms with E-state index in [1.807, 2.05) is 0 Å². The molecule has 9 heteroatoms. The van der Waals surface area contributed by atoms with Gasteiger partial charge in [0.15, 0.2) is 0 Å². The number of ether oxygens (including phenoxy) is 3. The Morgan fingerprint density at radius 1 is 0.946 bits per heavy atom. The number of carbonyl (C=O) groups excluding carboxylic acids is 3. The molecular weight excluding hydrogens is 498 g/mol. The van der Waals surface area contributed by atoms with Gasteiger partial charge in [-0.25, -0.2) is 0 Å². The van der Waals surface area contributed by atoms with Crippen molar-refractivity contribution in [1.29, 1.82) is 0 Å². The average Bonchev–Trinajstić information content (AvgIpc) is 3.19. The Kier molecular flexibility index (Phi) is 7.50. The van der Waals surface area contributed by atoms with Crippen LogP contribution >= 0.6 is 11.6 Å². The Bertz CT molecular complexity index is 1380. The van der Waals surface area contributed by atoms with Crippen LogP contribution in [0.3, 0.4) is 0 Å². The first kappa shape index (κ1) is 25.8. The molecule has 4 rings (SSSR count). The number of ketones is 1. The van der Waals surface area contributed by atoms with E-state index in [2.05, 4.69) is 0 Å². The summed E-state index contributed by atoms with van der Waals surface area (Å²) in [6, 6.07) is 17.2. The van der Waals surface area contributed by atoms with Gasteiger partial charge in [-0.2, -0.15) is 0 Å². The van der Waals surface area contributed by atoms with Crippen molar-refractivity contribution >= 4 is 40.7 Å². The lowest BCUT2D eigenvalue weighted by Gasteiger charge is -2.26. The summed E-state index contributed by atoms with van der Waals surface area (Å²) in [5.74, 6) is -1.50. The van der Waals surface area contributed by atoms with Crippen LogP contribution in [0.2, 0.25) is 5.02 Å². The van der Waals surface area contributed by atoms with Gasteiger partial charge in [-0.3, -0.25) is 19.3 Å². The highest BCUT2D eigenvalue weighted by Crippen LogP contribution is 2.43. The molecule has 1 fully saturated rings. The number of rotatable bonds is 7. The molecule has 1 unspecified atom stereocenters. The highest BCUT2D eigenvalue weighted by atomic mass is 35.5. The van der Waals surface area contributed by atoms with Gasteiger partial charge >= 0.3 is 5.97 Å². The number of hydrogen-bond acceptors (Lipinski definition) is 7. The van der Waals surface area contributed by atoms with Gasteiger partial charge in [0.25, 0.3) is 11.7 Å². The van der Waals surface area contributed by atoms with E-state index < -0.39 is 23.7 Å². The summed E-state index contributed by atoms with van der Waals surface area (Å²) in [7, 11) is 4.28. The maximum absolute atomic E-state index is 13.3. The van der Waals surface area contributed by atoms with Crippen molar-refractivity contribution in [3.63, 3.8) is 0 Å². The quantitative estimate of drug-likeness (QED) is 0.208. The molecule has 0 spiro atoms. The monoisotopic (exact) mass is 521 g/mol. The van der Waals surface area contributed by atoms with Crippen LogP contribution in [0.1, 0.15) is 22.7 Å². The molecule has 3 aromatic carbocycles. The van der Waals surface area contributed by atoms with Crippen LogP contribution in [0.15, 0.2) is 72.3 Å². The summed E-state index contributed by atoms with van der Waals surface area (Å²) in [5.41, 5.74) is 1.87. The number of hydrogen-bond donors (Lipinski definition) is 1. The Hall–Kier alpha value is -4.30. The van der Waals surface area contributed by atoms with E-state index >= 15 is 0 Å². The van der Waals surface area contributed by atoms with E-state index in [4.69, 9.17) is 25.8 Å². The molecule has 37 heavy (non-hydrogen) atoms. The fraction of sp³-hybridized carbons (Fsp3) is 0.179. The molecule has 190 valence electrons. The highest BCUT2D eigenvalue weighted by Gasteiger charge is 2.47. The highest BCUT2D eigenvalue weighted by molar-refractivity contribution is 6.51. The number of amides is 1. The number of nitrogens with zero attached hydrogens (tertiary/aromatic N) is 1. The minimum Gasteiger partial charge on any atom is -0.507 e. The van der Waals surface area contributed by atoms with Crippen LogP contribution in [0.25, 0.3) is 5.76 Å². The van der Waals surface area contributed by atoms with Crippen LogP contribution in [-0.4, -0.2) is 44.1 Å². The molecule has 1 N–H and O–H groups in total. The number of benzene rings is 3. The molecule has 1 aliphatic rings. The first-order valence-electron chi connectivity index (χ1n) is 11.2. The summed E-state index contributed by atoms with van der Waals surface area (Å²) in [6.45, 7) is 0.